The van der Waals surface area contributed by atoms with Crippen LogP contribution in [0.25, 0.3) is 11.1 Å². The molecular formula is C17H16ClN3O4S. The minimum atomic E-state index is -3.69. The van der Waals surface area contributed by atoms with Gasteiger partial charge < -0.3 is 9.73 Å². The number of nitrogens with one attached hydrogen (secondary N) is 1. The Morgan fingerprint density at radius 2 is 1.96 bits per heavy atom. The third-order valence-corrected chi connectivity index (χ3v) is 5.87. The molecule has 1 N–H and O–H groups in total. The molecule has 0 aliphatic carbocycles. The normalized spacial score (nSPS) is 11.9. The van der Waals surface area contributed by atoms with Crippen molar-refractivity contribution in [3.63, 3.8) is 0 Å². The molecule has 0 spiro atoms. The van der Waals surface area contributed by atoms with Crippen LogP contribution in [-0.4, -0.2) is 37.7 Å². The number of hydrogen-bond acceptors (Lipinski definition) is 5. The second-order valence-corrected chi connectivity index (χ2v) is 8.33. The molecule has 0 atom stereocenters. The first-order valence-electron chi connectivity index (χ1n) is 7.60. The number of carbonyl (C=O) groups is 1. The van der Waals surface area contributed by atoms with Crippen LogP contribution in [0.5, 0.6) is 0 Å². The molecule has 2 aromatic carbocycles. The number of aromatic nitrogens is 1. The maximum absolute atomic E-state index is 12.7. The SMILES string of the molecule is Cc1nc2cccc(NC(=O)c3cc(S(=O)(=O)N(C)C)ccc3Cl)c2o1. The molecule has 0 aliphatic heterocycles. The van der Waals surface area contributed by atoms with Crippen LogP contribution in [0.3, 0.4) is 0 Å². The summed E-state index contributed by atoms with van der Waals surface area (Å²) in [5.41, 5.74) is 1.51. The van der Waals surface area contributed by atoms with Crippen molar-refractivity contribution in [1.29, 1.82) is 0 Å². The first-order valence-corrected chi connectivity index (χ1v) is 9.41. The van der Waals surface area contributed by atoms with Gasteiger partial charge in [-0.15, -0.1) is 0 Å². The lowest BCUT2D eigenvalue weighted by Gasteiger charge is -2.13. The van der Waals surface area contributed by atoms with Gasteiger partial charge in [0.1, 0.15) is 5.52 Å². The number of amides is 1. The second kappa shape index (κ2) is 6.71. The Balaban J connectivity index is 2.00. The predicted octanol–water partition coefficient (Wildman–Crippen LogP) is 3.29. The smallest absolute Gasteiger partial charge is 0.257 e. The minimum Gasteiger partial charge on any atom is -0.439 e. The van der Waals surface area contributed by atoms with Gasteiger partial charge in [-0.2, -0.15) is 0 Å². The minimum absolute atomic E-state index is 0.0224. The van der Waals surface area contributed by atoms with Crippen molar-refractivity contribution in [3.05, 3.63) is 52.9 Å². The van der Waals surface area contributed by atoms with E-state index in [-0.39, 0.29) is 15.5 Å². The standard InChI is InChI=1S/C17H16ClN3O4S/c1-10-19-14-5-4-6-15(16(14)25-10)20-17(22)12-9-11(7-8-13(12)18)26(23,24)21(2)3/h4-9H,1-3H3,(H,20,22). The third-order valence-electron chi connectivity index (χ3n) is 3.73. The predicted molar refractivity (Wildman–Crippen MR) is 99.0 cm³/mol. The first-order chi connectivity index (χ1) is 12.2. The highest BCUT2D eigenvalue weighted by Gasteiger charge is 2.21. The van der Waals surface area contributed by atoms with Crippen LogP contribution in [-0.2, 0) is 10.0 Å². The number of halogens is 1. The van der Waals surface area contributed by atoms with Crippen molar-refractivity contribution < 1.29 is 17.6 Å². The van der Waals surface area contributed by atoms with Gasteiger partial charge in [0.25, 0.3) is 5.91 Å². The van der Waals surface area contributed by atoms with Crippen LogP contribution in [0.15, 0.2) is 45.7 Å². The molecule has 3 aromatic rings. The highest BCUT2D eigenvalue weighted by Crippen LogP contribution is 2.27. The van der Waals surface area contributed by atoms with E-state index in [4.69, 9.17) is 16.0 Å². The lowest BCUT2D eigenvalue weighted by molar-refractivity contribution is 0.102. The van der Waals surface area contributed by atoms with E-state index in [2.05, 4.69) is 10.3 Å². The Morgan fingerprint density at radius 1 is 1.23 bits per heavy atom. The summed E-state index contributed by atoms with van der Waals surface area (Å²) in [7, 11) is -0.861. The maximum atomic E-state index is 12.7. The van der Waals surface area contributed by atoms with Crippen LogP contribution < -0.4 is 5.32 Å². The number of para-hydroxylation sites is 1. The van der Waals surface area contributed by atoms with E-state index in [0.717, 1.165) is 4.31 Å². The number of fused-ring (bicyclic) bond motifs is 1. The molecule has 9 heteroatoms. The molecule has 26 heavy (non-hydrogen) atoms. The number of oxazole rings is 1. The topological polar surface area (TPSA) is 92.5 Å². The summed E-state index contributed by atoms with van der Waals surface area (Å²) in [6.45, 7) is 1.71. The lowest BCUT2D eigenvalue weighted by Crippen LogP contribution is -2.23. The summed E-state index contributed by atoms with van der Waals surface area (Å²) >= 11 is 6.10. The molecule has 0 fully saturated rings. The van der Waals surface area contributed by atoms with Crippen LogP contribution in [0.1, 0.15) is 16.2 Å². The van der Waals surface area contributed by atoms with E-state index >= 15 is 0 Å². The largest absolute Gasteiger partial charge is 0.439 e. The summed E-state index contributed by atoms with van der Waals surface area (Å²) in [5.74, 6) is -0.0776. The van der Waals surface area contributed by atoms with Crippen molar-refractivity contribution in [3.8, 4) is 0 Å². The summed E-state index contributed by atoms with van der Waals surface area (Å²) in [5, 5.41) is 2.84. The summed E-state index contributed by atoms with van der Waals surface area (Å²) in [6, 6.07) is 9.14. The molecule has 7 nitrogen and oxygen atoms in total. The average Bonchev–Trinajstić information content (AvgIpc) is 2.96. The Hall–Kier alpha value is -2.42. The molecule has 1 heterocycles. The van der Waals surface area contributed by atoms with E-state index in [1.54, 1.807) is 25.1 Å². The Bertz CT molecular complexity index is 1110. The fraction of sp³-hybridized carbons (Fsp3) is 0.176. The van der Waals surface area contributed by atoms with Gasteiger partial charge in [0.2, 0.25) is 10.0 Å². The monoisotopic (exact) mass is 393 g/mol. The van der Waals surface area contributed by atoms with Crippen molar-refractivity contribution in [2.24, 2.45) is 0 Å². The number of rotatable bonds is 4. The van der Waals surface area contributed by atoms with Gasteiger partial charge >= 0.3 is 0 Å². The Labute approximate surface area is 155 Å². The number of benzene rings is 2. The second-order valence-electron chi connectivity index (χ2n) is 5.77. The zero-order valence-corrected chi connectivity index (χ0v) is 15.9. The van der Waals surface area contributed by atoms with Gasteiger partial charge in [-0.05, 0) is 30.3 Å². The van der Waals surface area contributed by atoms with Crippen molar-refractivity contribution >= 4 is 44.3 Å². The van der Waals surface area contributed by atoms with Crippen molar-refractivity contribution in [2.45, 2.75) is 11.8 Å². The highest BCUT2D eigenvalue weighted by molar-refractivity contribution is 7.89. The zero-order chi connectivity index (χ0) is 19.1. The van der Waals surface area contributed by atoms with Crippen LogP contribution in [0.4, 0.5) is 5.69 Å². The molecule has 0 unspecified atom stereocenters. The molecule has 1 amide bonds. The zero-order valence-electron chi connectivity index (χ0n) is 14.3. The first kappa shape index (κ1) is 18.4. The number of aryl methyl sites for hydroxylation is 1. The van der Waals surface area contributed by atoms with E-state index < -0.39 is 15.9 Å². The summed E-state index contributed by atoms with van der Waals surface area (Å²) in [4.78, 5) is 16.9. The Morgan fingerprint density at radius 3 is 2.65 bits per heavy atom. The van der Waals surface area contributed by atoms with E-state index in [1.807, 2.05) is 0 Å². The van der Waals surface area contributed by atoms with Crippen molar-refractivity contribution in [1.82, 2.24) is 9.29 Å². The van der Waals surface area contributed by atoms with Crippen LogP contribution in [0, 0.1) is 6.92 Å². The van der Waals surface area contributed by atoms with Crippen LogP contribution >= 0.6 is 11.6 Å². The van der Waals surface area contributed by atoms with Gasteiger partial charge in [0.05, 0.1) is 21.2 Å². The third kappa shape index (κ3) is 3.31. The highest BCUT2D eigenvalue weighted by atomic mass is 35.5. The molecule has 0 saturated heterocycles. The van der Waals surface area contributed by atoms with Gasteiger partial charge in [0.15, 0.2) is 11.5 Å². The van der Waals surface area contributed by atoms with Gasteiger partial charge in [0, 0.05) is 21.0 Å². The van der Waals surface area contributed by atoms with Gasteiger partial charge in [-0.1, -0.05) is 17.7 Å². The average molecular weight is 394 g/mol. The quantitative estimate of drug-likeness (QED) is 0.734. The van der Waals surface area contributed by atoms with Gasteiger partial charge in [-0.3, -0.25) is 4.79 Å². The molecule has 1 aromatic heterocycles. The van der Waals surface area contributed by atoms with Crippen molar-refractivity contribution in [2.75, 3.05) is 19.4 Å². The molecule has 136 valence electrons. The number of carbonyl (C=O) groups excluding carboxylic acids is 1. The molecule has 0 aliphatic rings. The summed E-state index contributed by atoms with van der Waals surface area (Å²) < 4.78 is 31.1. The summed E-state index contributed by atoms with van der Waals surface area (Å²) in [6.07, 6.45) is 0. The van der Waals surface area contributed by atoms with E-state index in [9.17, 15) is 13.2 Å². The van der Waals surface area contributed by atoms with E-state index in [0.29, 0.717) is 22.7 Å². The lowest BCUT2D eigenvalue weighted by atomic mass is 10.2. The van der Waals surface area contributed by atoms with Crippen LogP contribution in [0.2, 0.25) is 5.02 Å². The number of nitrogens with zero attached hydrogens (tertiary/aromatic N) is 2. The fourth-order valence-electron chi connectivity index (χ4n) is 2.40. The number of hydrogen-bond donors (Lipinski definition) is 1. The Kier molecular flexibility index (Phi) is 4.74. The number of anilines is 1. The maximum Gasteiger partial charge on any atom is 0.257 e. The van der Waals surface area contributed by atoms with E-state index in [1.165, 1.54) is 32.3 Å². The fourth-order valence-corrected chi connectivity index (χ4v) is 3.53. The molecule has 0 bridgehead atoms. The molecule has 0 radical (unpaired) electrons. The molecular weight excluding hydrogens is 378 g/mol. The molecule has 0 saturated carbocycles. The number of sulfonamides is 1. The molecule has 3 rings (SSSR count). The van der Waals surface area contributed by atoms with Gasteiger partial charge in [-0.25, -0.2) is 17.7 Å².